The summed E-state index contributed by atoms with van der Waals surface area (Å²) in [5.74, 6) is 0.601. The minimum Gasteiger partial charge on any atom is -0.489 e. The molecule has 1 aromatic carbocycles. The summed E-state index contributed by atoms with van der Waals surface area (Å²) in [7, 11) is 0. The van der Waals surface area contributed by atoms with Gasteiger partial charge in [-0.05, 0) is 69.7 Å². The van der Waals surface area contributed by atoms with Crippen LogP contribution in [0.3, 0.4) is 0 Å². The predicted octanol–water partition coefficient (Wildman–Crippen LogP) is 2.84. The highest BCUT2D eigenvalue weighted by atomic mass is 16.5. The van der Waals surface area contributed by atoms with Crippen LogP contribution in [0.15, 0.2) is 30.5 Å². The third-order valence-electron chi connectivity index (χ3n) is 7.12. The highest BCUT2D eigenvalue weighted by Gasteiger charge is 2.41. The zero-order valence-electron chi connectivity index (χ0n) is 19.0. The third-order valence-corrected chi connectivity index (χ3v) is 7.12. The van der Waals surface area contributed by atoms with Crippen LogP contribution >= 0.6 is 0 Å². The number of nitrogens with one attached hydrogen (secondary N) is 1. The highest BCUT2D eigenvalue weighted by molar-refractivity contribution is 6.01. The number of ether oxygens (including phenoxy) is 2. The average molecular weight is 440 g/mol. The zero-order chi connectivity index (χ0) is 22.4. The molecular weight excluding hydrogens is 406 g/mol. The van der Waals surface area contributed by atoms with Gasteiger partial charge >= 0.3 is 0 Å². The molecule has 3 atom stereocenters. The Morgan fingerprint density at radius 3 is 2.72 bits per heavy atom. The molecule has 1 aromatic rings. The van der Waals surface area contributed by atoms with Gasteiger partial charge in [0.05, 0.1) is 12.2 Å². The van der Waals surface area contributed by atoms with Gasteiger partial charge in [0.1, 0.15) is 17.9 Å². The number of hydrogen-bond donors (Lipinski definition) is 1. The van der Waals surface area contributed by atoms with Gasteiger partial charge in [0, 0.05) is 36.9 Å². The first-order valence-corrected chi connectivity index (χ1v) is 11.9. The number of hydrogen-bond acceptors (Lipinski definition) is 5. The fourth-order valence-electron chi connectivity index (χ4n) is 5.55. The number of fused-ring (bicyclic) bond motifs is 1. The fraction of sp³-hybridized carbons (Fsp3) is 0.600. The van der Waals surface area contributed by atoms with E-state index < -0.39 is 6.04 Å². The van der Waals surface area contributed by atoms with Crippen molar-refractivity contribution >= 4 is 11.8 Å². The molecule has 0 spiro atoms. The van der Waals surface area contributed by atoms with Crippen LogP contribution in [0.1, 0.15) is 61.9 Å². The van der Waals surface area contributed by atoms with E-state index in [2.05, 4.69) is 30.6 Å². The van der Waals surface area contributed by atoms with Crippen LogP contribution in [-0.2, 0) is 16.1 Å². The fourth-order valence-corrected chi connectivity index (χ4v) is 5.55. The number of rotatable bonds is 6. The van der Waals surface area contributed by atoms with Crippen molar-refractivity contribution in [1.82, 2.24) is 15.1 Å². The van der Waals surface area contributed by atoms with Gasteiger partial charge < -0.3 is 19.7 Å². The van der Waals surface area contributed by atoms with E-state index in [0.29, 0.717) is 37.1 Å². The van der Waals surface area contributed by atoms with E-state index in [1.165, 1.54) is 6.42 Å². The molecule has 7 heteroatoms. The van der Waals surface area contributed by atoms with E-state index in [0.717, 1.165) is 42.9 Å². The average Bonchev–Trinajstić information content (AvgIpc) is 3.28. The first-order valence-electron chi connectivity index (χ1n) is 11.9. The maximum absolute atomic E-state index is 12.9. The van der Waals surface area contributed by atoms with E-state index in [1.54, 1.807) is 4.90 Å². The first-order chi connectivity index (χ1) is 15.4. The van der Waals surface area contributed by atoms with E-state index in [-0.39, 0.29) is 24.0 Å². The van der Waals surface area contributed by atoms with Crippen LogP contribution in [0.2, 0.25) is 0 Å². The largest absolute Gasteiger partial charge is 0.489 e. The van der Waals surface area contributed by atoms with E-state index in [9.17, 15) is 9.59 Å². The molecule has 1 saturated carbocycles. The molecule has 172 valence electrons. The van der Waals surface area contributed by atoms with Gasteiger partial charge in [0.25, 0.3) is 5.91 Å². The molecule has 2 saturated heterocycles. The molecule has 1 N–H and O–H groups in total. The van der Waals surface area contributed by atoms with Gasteiger partial charge in [0.2, 0.25) is 5.91 Å². The number of allylic oxidation sites excluding steroid dienone is 1. The third kappa shape index (κ3) is 4.04. The van der Waals surface area contributed by atoms with Crippen LogP contribution in [0.4, 0.5) is 0 Å². The molecule has 5 rings (SSSR count). The molecular formula is C25H33N3O4. The maximum Gasteiger partial charge on any atom is 0.255 e. The standard InChI is InChI=1S/C25H33N3O4/c1-15(2)31-19-13-27(14-19)21-5-4-6-23(21)32-18-8-9-20-17(11-18)12-28(25(20)30)22-10-7-16(3)26-24(22)29/h8-9,11,15,19,21-23H,3-7,10,12-14H2,1-2H3,(H,26,29). The first kappa shape index (κ1) is 21.5. The van der Waals surface area contributed by atoms with Crippen molar-refractivity contribution in [3.8, 4) is 5.75 Å². The minimum absolute atomic E-state index is 0.0743. The molecule has 0 aromatic heterocycles. The van der Waals surface area contributed by atoms with E-state index in [1.807, 2.05) is 18.2 Å². The lowest BCUT2D eigenvalue weighted by atomic mass is 10.0. The molecule has 4 aliphatic rings. The molecule has 3 fully saturated rings. The number of amides is 2. The van der Waals surface area contributed by atoms with Crippen molar-refractivity contribution in [2.75, 3.05) is 13.1 Å². The summed E-state index contributed by atoms with van der Waals surface area (Å²) in [6.45, 7) is 10.4. The van der Waals surface area contributed by atoms with E-state index >= 15 is 0 Å². The van der Waals surface area contributed by atoms with Crippen molar-refractivity contribution in [3.63, 3.8) is 0 Å². The zero-order valence-corrected chi connectivity index (χ0v) is 19.0. The lowest BCUT2D eigenvalue weighted by Crippen LogP contribution is -2.59. The second-order valence-corrected chi connectivity index (χ2v) is 9.81. The van der Waals surface area contributed by atoms with Crippen molar-refractivity contribution in [2.45, 2.75) is 82.9 Å². The van der Waals surface area contributed by atoms with Crippen LogP contribution in [0.25, 0.3) is 0 Å². The number of benzene rings is 1. The maximum atomic E-state index is 12.9. The van der Waals surface area contributed by atoms with Crippen molar-refractivity contribution in [1.29, 1.82) is 0 Å². The SMILES string of the molecule is C=C1CCC(N2Cc3cc(OC4CCCC4N4CC(OC(C)C)C4)ccc3C2=O)C(=O)N1. The molecule has 3 unspecified atom stereocenters. The monoisotopic (exact) mass is 439 g/mol. The molecule has 7 nitrogen and oxygen atoms in total. The van der Waals surface area contributed by atoms with Gasteiger partial charge in [-0.3, -0.25) is 14.5 Å². The molecule has 2 amide bonds. The topological polar surface area (TPSA) is 71.1 Å². The second-order valence-electron chi connectivity index (χ2n) is 9.81. The summed E-state index contributed by atoms with van der Waals surface area (Å²) < 4.78 is 12.3. The van der Waals surface area contributed by atoms with Crippen LogP contribution in [0.5, 0.6) is 5.75 Å². The van der Waals surface area contributed by atoms with Crippen LogP contribution in [0, 0.1) is 0 Å². The summed E-state index contributed by atoms with van der Waals surface area (Å²) in [5.41, 5.74) is 2.34. The van der Waals surface area contributed by atoms with Crippen molar-refractivity contribution < 1.29 is 19.1 Å². The Labute approximate surface area is 189 Å². The molecule has 3 aliphatic heterocycles. The Bertz CT molecular complexity index is 924. The molecule has 0 bridgehead atoms. The number of likely N-dealkylation sites (tertiary alicyclic amines) is 1. The van der Waals surface area contributed by atoms with Gasteiger partial charge in [-0.2, -0.15) is 0 Å². The summed E-state index contributed by atoms with van der Waals surface area (Å²) in [4.78, 5) is 29.5. The smallest absolute Gasteiger partial charge is 0.255 e. The normalized spacial score (nSPS) is 28.8. The minimum atomic E-state index is -0.434. The molecule has 3 heterocycles. The quantitative estimate of drug-likeness (QED) is 0.738. The molecule has 1 aliphatic carbocycles. The van der Waals surface area contributed by atoms with Crippen LogP contribution < -0.4 is 10.1 Å². The Balaban J connectivity index is 1.23. The van der Waals surface area contributed by atoms with Crippen molar-refractivity contribution in [2.24, 2.45) is 0 Å². The Kier molecular flexibility index (Phi) is 5.72. The summed E-state index contributed by atoms with van der Waals surface area (Å²) in [5, 5.41) is 2.79. The second kappa shape index (κ2) is 8.52. The summed E-state index contributed by atoms with van der Waals surface area (Å²) in [6.07, 6.45) is 5.45. The molecule has 0 radical (unpaired) electrons. The van der Waals surface area contributed by atoms with Gasteiger partial charge in [-0.25, -0.2) is 0 Å². The van der Waals surface area contributed by atoms with Gasteiger partial charge in [-0.15, -0.1) is 0 Å². The summed E-state index contributed by atoms with van der Waals surface area (Å²) >= 11 is 0. The Morgan fingerprint density at radius 1 is 1.16 bits per heavy atom. The number of carbonyl (C=O) groups excluding carboxylic acids is 2. The Morgan fingerprint density at radius 2 is 1.97 bits per heavy atom. The van der Waals surface area contributed by atoms with Crippen LogP contribution in [-0.4, -0.2) is 65.1 Å². The van der Waals surface area contributed by atoms with Gasteiger partial charge in [0.15, 0.2) is 0 Å². The lowest BCUT2D eigenvalue weighted by Gasteiger charge is -2.45. The molecule has 32 heavy (non-hydrogen) atoms. The lowest BCUT2D eigenvalue weighted by molar-refractivity contribution is -0.126. The highest BCUT2D eigenvalue weighted by Crippen LogP contribution is 2.35. The predicted molar refractivity (Wildman–Crippen MR) is 120 cm³/mol. The Hall–Kier alpha value is -2.38. The van der Waals surface area contributed by atoms with Crippen molar-refractivity contribution in [3.05, 3.63) is 41.6 Å². The van der Waals surface area contributed by atoms with Gasteiger partial charge in [-0.1, -0.05) is 6.58 Å². The number of nitrogens with zero attached hydrogens (tertiary/aromatic N) is 2. The number of piperidine rings is 1. The summed E-state index contributed by atoms with van der Waals surface area (Å²) in [6, 6.07) is 5.73. The number of carbonyl (C=O) groups is 2. The van der Waals surface area contributed by atoms with E-state index in [4.69, 9.17) is 9.47 Å².